The molecule has 4 nitrogen and oxygen atoms in total. The molecule has 18 heavy (non-hydrogen) atoms. The van der Waals surface area contributed by atoms with Crippen LogP contribution in [0.2, 0.25) is 0 Å². The van der Waals surface area contributed by atoms with Crippen molar-refractivity contribution in [2.75, 3.05) is 4.72 Å². The Morgan fingerprint density at radius 2 is 1.94 bits per heavy atom. The quantitative estimate of drug-likeness (QED) is 0.849. The molecule has 0 fully saturated rings. The molecule has 0 aliphatic carbocycles. The molecule has 7 heteroatoms. The van der Waals surface area contributed by atoms with Crippen LogP contribution < -0.4 is 10.5 Å². The van der Waals surface area contributed by atoms with Gasteiger partial charge in [-0.25, -0.2) is 8.42 Å². The number of nitrogens with one attached hydrogen (secondary N) is 1. The van der Waals surface area contributed by atoms with E-state index in [9.17, 15) is 8.42 Å². The molecule has 1 aromatic carbocycles. The minimum Gasteiger partial charge on any atom is -0.389 e. The molecule has 0 spiro atoms. The van der Waals surface area contributed by atoms with Crippen molar-refractivity contribution in [1.29, 1.82) is 0 Å². The molecule has 0 atom stereocenters. The topological polar surface area (TPSA) is 72.2 Å². The molecule has 1 aromatic heterocycles. The van der Waals surface area contributed by atoms with Gasteiger partial charge in [-0.1, -0.05) is 30.4 Å². The summed E-state index contributed by atoms with van der Waals surface area (Å²) in [6.45, 7) is 0. The predicted molar refractivity (Wildman–Crippen MR) is 77.5 cm³/mol. The molecule has 0 aliphatic heterocycles. The van der Waals surface area contributed by atoms with E-state index in [4.69, 9.17) is 18.0 Å². The van der Waals surface area contributed by atoms with Gasteiger partial charge in [0.15, 0.2) is 0 Å². The van der Waals surface area contributed by atoms with Crippen molar-refractivity contribution in [2.45, 2.75) is 4.21 Å². The fourth-order valence-corrected chi connectivity index (χ4v) is 3.65. The van der Waals surface area contributed by atoms with Gasteiger partial charge in [-0.3, -0.25) is 4.72 Å². The summed E-state index contributed by atoms with van der Waals surface area (Å²) < 4.78 is 26.8. The van der Waals surface area contributed by atoms with Gasteiger partial charge in [0, 0.05) is 5.56 Å². The van der Waals surface area contributed by atoms with Gasteiger partial charge < -0.3 is 5.73 Å². The van der Waals surface area contributed by atoms with Gasteiger partial charge in [0.1, 0.15) is 9.20 Å². The van der Waals surface area contributed by atoms with Crippen molar-refractivity contribution in [3.05, 3.63) is 47.3 Å². The van der Waals surface area contributed by atoms with E-state index in [2.05, 4.69) is 4.72 Å². The van der Waals surface area contributed by atoms with Gasteiger partial charge in [-0.15, -0.1) is 11.3 Å². The Morgan fingerprint density at radius 1 is 1.22 bits per heavy atom. The summed E-state index contributed by atoms with van der Waals surface area (Å²) in [6, 6.07) is 9.98. The second kappa shape index (κ2) is 5.05. The number of benzene rings is 1. The van der Waals surface area contributed by atoms with Crippen molar-refractivity contribution in [1.82, 2.24) is 0 Å². The number of hydrogen-bond acceptors (Lipinski definition) is 4. The van der Waals surface area contributed by atoms with Crippen LogP contribution in [-0.4, -0.2) is 13.4 Å². The zero-order chi connectivity index (χ0) is 13.2. The van der Waals surface area contributed by atoms with E-state index >= 15 is 0 Å². The number of nitrogens with two attached hydrogens (primary N) is 1. The van der Waals surface area contributed by atoms with E-state index < -0.39 is 10.0 Å². The predicted octanol–water partition coefficient (Wildman–Crippen LogP) is 2.18. The van der Waals surface area contributed by atoms with Crippen LogP contribution in [0, 0.1) is 0 Å². The second-order valence-corrected chi connectivity index (χ2v) is 6.74. The third-order valence-corrected chi connectivity index (χ3v) is 5.18. The third kappa shape index (κ3) is 2.69. The molecule has 0 radical (unpaired) electrons. The molecule has 1 heterocycles. The maximum absolute atomic E-state index is 12.1. The van der Waals surface area contributed by atoms with Crippen LogP contribution in [0.5, 0.6) is 0 Å². The van der Waals surface area contributed by atoms with Crippen LogP contribution in [0.4, 0.5) is 5.69 Å². The third-order valence-electron chi connectivity index (χ3n) is 2.20. The number of rotatable bonds is 4. The fourth-order valence-electron chi connectivity index (χ4n) is 1.40. The van der Waals surface area contributed by atoms with Crippen LogP contribution in [0.1, 0.15) is 5.56 Å². The molecule has 0 bridgehead atoms. The lowest BCUT2D eigenvalue weighted by Gasteiger charge is -2.10. The first-order chi connectivity index (χ1) is 8.50. The largest absolute Gasteiger partial charge is 0.389 e. The Morgan fingerprint density at radius 3 is 2.56 bits per heavy atom. The zero-order valence-electron chi connectivity index (χ0n) is 9.16. The summed E-state index contributed by atoms with van der Waals surface area (Å²) in [5.41, 5.74) is 6.45. The molecule has 2 rings (SSSR count). The molecular formula is C11H10N2O2S3. The summed E-state index contributed by atoms with van der Waals surface area (Å²) in [5.74, 6) is 0. The van der Waals surface area contributed by atoms with Gasteiger partial charge in [0.25, 0.3) is 10.0 Å². The Kier molecular flexibility index (Phi) is 3.65. The van der Waals surface area contributed by atoms with Crippen LogP contribution in [0.3, 0.4) is 0 Å². The maximum Gasteiger partial charge on any atom is 0.271 e. The Bertz CT molecular complexity index is 663. The first-order valence-electron chi connectivity index (χ1n) is 4.96. The van der Waals surface area contributed by atoms with Crippen molar-refractivity contribution >= 4 is 44.3 Å². The molecule has 0 unspecified atom stereocenters. The van der Waals surface area contributed by atoms with Crippen molar-refractivity contribution in [3.8, 4) is 0 Å². The summed E-state index contributed by atoms with van der Waals surface area (Å²) in [4.78, 5) is 0.152. The van der Waals surface area contributed by atoms with Crippen LogP contribution in [0.25, 0.3) is 0 Å². The van der Waals surface area contributed by atoms with E-state index in [0.717, 1.165) is 11.3 Å². The van der Waals surface area contributed by atoms with Crippen LogP contribution >= 0.6 is 23.6 Å². The molecule has 0 amide bonds. The molecule has 0 aliphatic rings. The Balaban J connectivity index is 2.39. The van der Waals surface area contributed by atoms with Crippen LogP contribution in [-0.2, 0) is 10.0 Å². The highest BCUT2D eigenvalue weighted by Gasteiger charge is 2.17. The smallest absolute Gasteiger partial charge is 0.271 e. The monoisotopic (exact) mass is 298 g/mol. The highest BCUT2D eigenvalue weighted by atomic mass is 32.2. The lowest BCUT2D eigenvalue weighted by Crippen LogP contribution is -2.17. The highest BCUT2D eigenvalue weighted by Crippen LogP contribution is 2.22. The number of thiocarbonyl (C=S) groups is 1. The van der Waals surface area contributed by atoms with E-state index in [1.54, 1.807) is 35.7 Å². The van der Waals surface area contributed by atoms with E-state index in [1.807, 2.05) is 0 Å². The van der Waals surface area contributed by atoms with Crippen LogP contribution in [0.15, 0.2) is 46.0 Å². The number of hydrogen-bond donors (Lipinski definition) is 2. The average Bonchev–Trinajstić information content (AvgIpc) is 2.83. The number of sulfonamides is 1. The number of thiophene rings is 1. The van der Waals surface area contributed by atoms with E-state index in [-0.39, 0.29) is 9.20 Å². The summed E-state index contributed by atoms with van der Waals surface area (Å²) in [6.07, 6.45) is 0. The normalized spacial score (nSPS) is 11.1. The summed E-state index contributed by atoms with van der Waals surface area (Å²) >= 11 is 6.03. The number of para-hydroxylation sites is 1. The molecule has 0 saturated carbocycles. The Labute approximate surface area is 115 Å². The molecule has 3 N–H and O–H groups in total. The van der Waals surface area contributed by atoms with Gasteiger partial charge in [-0.05, 0) is 23.6 Å². The first kappa shape index (κ1) is 13.0. The molecule has 94 valence electrons. The molecular weight excluding hydrogens is 288 g/mol. The summed E-state index contributed by atoms with van der Waals surface area (Å²) in [5, 5.41) is 1.70. The zero-order valence-corrected chi connectivity index (χ0v) is 11.6. The minimum absolute atomic E-state index is 0.152. The van der Waals surface area contributed by atoms with Gasteiger partial charge in [-0.2, -0.15) is 0 Å². The second-order valence-electron chi connectivity index (χ2n) is 3.45. The van der Waals surface area contributed by atoms with Crippen molar-refractivity contribution in [3.63, 3.8) is 0 Å². The number of anilines is 1. The van der Waals surface area contributed by atoms with Gasteiger partial charge in [0.05, 0.1) is 5.69 Å². The first-order valence-corrected chi connectivity index (χ1v) is 7.73. The fraction of sp³-hybridized carbons (Fsp3) is 0. The lowest BCUT2D eigenvalue weighted by atomic mass is 10.2. The highest BCUT2D eigenvalue weighted by molar-refractivity contribution is 7.94. The van der Waals surface area contributed by atoms with E-state index in [1.165, 1.54) is 6.07 Å². The van der Waals surface area contributed by atoms with Crippen molar-refractivity contribution in [2.24, 2.45) is 5.73 Å². The van der Waals surface area contributed by atoms with Crippen molar-refractivity contribution < 1.29 is 8.42 Å². The SMILES string of the molecule is NC(=S)c1ccccc1NS(=O)(=O)c1cccs1. The van der Waals surface area contributed by atoms with Gasteiger partial charge in [0.2, 0.25) is 0 Å². The lowest BCUT2D eigenvalue weighted by molar-refractivity contribution is 0.603. The Hall–Kier alpha value is -1.44. The standard InChI is InChI=1S/C11H10N2O2S3/c12-11(16)8-4-1-2-5-9(8)13-18(14,15)10-6-3-7-17-10/h1-7,13H,(H2,12,16). The van der Waals surface area contributed by atoms with Gasteiger partial charge >= 0.3 is 0 Å². The summed E-state index contributed by atoms with van der Waals surface area (Å²) in [7, 11) is -3.57. The minimum atomic E-state index is -3.57. The average molecular weight is 298 g/mol. The maximum atomic E-state index is 12.1. The van der Waals surface area contributed by atoms with E-state index in [0.29, 0.717) is 11.3 Å². The molecule has 0 saturated heterocycles. The molecule has 2 aromatic rings.